The zero-order chi connectivity index (χ0) is 6.91. The molecule has 1 aliphatic rings. The summed E-state index contributed by atoms with van der Waals surface area (Å²) in [5.74, 6) is 5.62. The summed E-state index contributed by atoms with van der Waals surface area (Å²) in [4.78, 5) is 10.8. The number of ketones is 1. The lowest BCUT2D eigenvalue weighted by Gasteiger charge is -2.17. The first-order valence-electron chi connectivity index (χ1n) is 2.91. The van der Waals surface area contributed by atoms with E-state index in [2.05, 4.69) is 11.8 Å². The van der Waals surface area contributed by atoms with Gasteiger partial charge in [0.2, 0.25) is 0 Å². The Morgan fingerprint density at radius 2 is 2.00 bits per heavy atom. The molecule has 0 aromatic carbocycles. The van der Waals surface area contributed by atoms with E-state index >= 15 is 0 Å². The van der Waals surface area contributed by atoms with Gasteiger partial charge in [0.1, 0.15) is 0 Å². The van der Waals surface area contributed by atoms with Crippen molar-refractivity contribution < 1.29 is 4.79 Å². The van der Waals surface area contributed by atoms with Crippen LogP contribution in [0.25, 0.3) is 0 Å². The van der Waals surface area contributed by atoms with Crippen LogP contribution in [0.3, 0.4) is 0 Å². The van der Waals surface area contributed by atoms with E-state index < -0.39 is 5.54 Å². The Labute approximate surface area is 54.4 Å². The van der Waals surface area contributed by atoms with Crippen LogP contribution in [0, 0.1) is 11.8 Å². The number of carbonyl (C=O) groups excluding carboxylic acids is 1. The van der Waals surface area contributed by atoms with Gasteiger partial charge < -0.3 is 5.73 Å². The minimum atomic E-state index is -0.667. The molecule has 0 unspecified atom stereocenters. The highest BCUT2D eigenvalue weighted by Crippen LogP contribution is 2.16. The van der Waals surface area contributed by atoms with Crippen molar-refractivity contribution in [3.8, 4) is 11.8 Å². The predicted octanol–water partition coefficient (Wildman–Crippen LogP) is 0.0701. The summed E-state index contributed by atoms with van der Waals surface area (Å²) in [6, 6.07) is 0. The number of carbonyl (C=O) groups is 1. The Morgan fingerprint density at radius 3 is 2.22 bits per heavy atom. The average Bonchev–Trinajstić information content (AvgIpc) is 2.16. The van der Waals surface area contributed by atoms with Gasteiger partial charge in [-0.05, 0) is 6.92 Å². The van der Waals surface area contributed by atoms with Crippen molar-refractivity contribution in [1.29, 1.82) is 0 Å². The zero-order valence-corrected chi connectivity index (χ0v) is 5.40. The van der Waals surface area contributed by atoms with Gasteiger partial charge in [-0.25, -0.2) is 0 Å². The maximum absolute atomic E-state index is 10.8. The van der Waals surface area contributed by atoms with Gasteiger partial charge in [-0.15, -0.1) is 11.8 Å². The fourth-order valence-corrected chi connectivity index (χ4v) is 0.752. The summed E-state index contributed by atoms with van der Waals surface area (Å²) in [6.45, 7) is 1.51. The minimum absolute atomic E-state index is 0.0278. The van der Waals surface area contributed by atoms with E-state index in [9.17, 15) is 4.79 Å². The fourth-order valence-electron chi connectivity index (χ4n) is 0.752. The molecule has 0 atom stereocenters. The smallest absolute Gasteiger partial charge is 0.151 e. The second-order valence-electron chi connectivity index (χ2n) is 2.42. The number of hydrogen-bond donors (Lipinski definition) is 1. The third-order valence-electron chi connectivity index (χ3n) is 1.63. The molecule has 2 N–H and O–H groups in total. The lowest BCUT2D eigenvalue weighted by atomic mass is 9.93. The van der Waals surface area contributed by atoms with Crippen LogP contribution in [-0.2, 0) is 4.79 Å². The van der Waals surface area contributed by atoms with E-state index in [0.29, 0.717) is 12.8 Å². The Hall–Kier alpha value is -0.810. The Balaban J connectivity index is 2.68. The molecular formula is C7H9NO. The quantitative estimate of drug-likeness (QED) is 0.501. The molecule has 0 bridgehead atoms. The zero-order valence-electron chi connectivity index (χ0n) is 5.40. The lowest BCUT2D eigenvalue weighted by molar-refractivity contribution is -0.121. The molecule has 0 aromatic heterocycles. The first kappa shape index (κ1) is 6.31. The second-order valence-corrected chi connectivity index (χ2v) is 2.42. The van der Waals surface area contributed by atoms with Crippen LogP contribution in [0.5, 0.6) is 0 Å². The van der Waals surface area contributed by atoms with Crippen molar-refractivity contribution in [3.63, 3.8) is 0 Å². The molecule has 48 valence electrons. The Kier molecular flexibility index (Phi) is 1.30. The third-order valence-corrected chi connectivity index (χ3v) is 1.63. The molecule has 2 nitrogen and oxygen atoms in total. The SMILES string of the molecule is CC(=O)C1(N)CC#CC1. The molecule has 0 spiro atoms. The highest BCUT2D eigenvalue weighted by molar-refractivity contribution is 5.87. The van der Waals surface area contributed by atoms with Gasteiger partial charge in [-0.3, -0.25) is 4.79 Å². The summed E-state index contributed by atoms with van der Waals surface area (Å²) in [7, 11) is 0. The molecule has 0 aromatic rings. The van der Waals surface area contributed by atoms with Gasteiger partial charge in [-0.1, -0.05) is 0 Å². The molecule has 0 heterocycles. The number of rotatable bonds is 1. The summed E-state index contributed by atoms with van der Waals surface area (Å²) in [5, 5.41) is 0. The maximum atomic E-state index is 10.8. The van der Waals surface area contributed by atoms with E-state index in [0.717, 1.165) is 0 Å². The van der Waals surface area contributed by atoms with Crippen molar-refractivity contribution in [2.45, 2.75) is 25.3 Å². The van der Waals surface area contributed by atoms with Crippen molar-refractivity contribution in [2.24, 2.45) is 5.73 Å². The highest BCUT2D eigenvalue weighted by Gasteiger charge is 2.30. The molecule has 0 saturated heterocycles. The van der Waals surface area contributed by atoms with Gasteiger partial charge in [0.15, 0.2) is 5.78 Å². The molecular weight excluding hydrogens is 114 g/mol. The van der Waals surface area contributed by atoms with Crippen LogP contribution in [0.2, 0.25) is 0 Å². The molecule has 1 aliphatic carbocycles. The molecule has 0 fully saturated rings. The molecule has 0 amide bonds. The van der Waals surface area contributed by atoms with Gasteiger partial charge in [0.25, 0.3) is 0 Å². The largest absolute Gasteiger partial charge is 0.317 e. The molecule has 9 heavy (non-hydrogen) atoms. The van der Waals surface area contributed by atoms with E-state index in [1.807, 2.05) is 0 Å². The normalized spacial score (nSPS) is 20.7. The highest BCUT2D eigenvalue weighted by atomic mass is 16.1. The van der Waals surface area contributed by atoms with Crippen molar-refractivity contribution >= 4 is 5.78 Å². The minimum Gasteiger partial charge on any atom is -0.317 e. The summed E-state index contributed by atoms with van der Waals surface area (Å²) in [5.41, 5.74) is 4.96. The van der Waals surface area contributed by atoms with E-state index in [-0.39, 0.29) is 5.78 Å². The van der Waals surface area contributed by atoms with Crippen molar-refractivity contribution in [2.75, 3.05) is 0 Å². The number of nitrogens with two attached hydrogens (primary N) is 1. The predicted molar refractivity (Wildman–Crippen MR) is 34.6 cm³/mol. The van der Waals surface area contributed by atoms with E-state index in [1.54, 1.807) is 0 Å². The van der Waals surface area contributed by atoms with Crippen LogP contribution in [0.1, 0.15) is 19.8 Å². The first-order valence-corrected chi connectivity index (χ1v) is 2.91. The fraction of sp³-hybridized carbons (Fsp3) is 0.571. The summed E-state index contributed by atoms with van der Waals surface area (Å²) < 4.78 is 0. The molecule has 1 rings (SSSR count). The Morgan fingerprint density at radius 1 is 1.56 bits per heavy atom. The molecule has 2 heteroatoms. The van der Waals surface area contributed by atoms with Crippen LogP contribution in [0.4, 0.5) is 0 Å². The molecule has 0 radical (unpaired) electrons. The van der Waals surface area contributed by atoms with Gasteiger partial charge in [0.05, 0.1) is 5.54 Å². The van der Waals surface area contributed by atoms with Crippen molar-refractivity contribution in [3.05, 3.63) is 0 Å². The van der Waals surface area contributed by atoms with Gasteiger partial charge in [0, 0.05) is 12.8 Å². The Bertz CT molecular complexity index is 187. The topological polar surface area (TPSA) is 43.1 Å². The van der Waals surface area contributed by atoms with Gasteiger partial charge in [-0.2, -0.15) is 0 Å². The molecule has 0 saturated carbocycles. The lowest BCUT2D eigenvalue weighted by Crippen LogP contribution is -2.44. The summed E-state index contributed by atoms with van der Waals surface area (Å²) >= 11 is 0. The monoisotopic (exact) mass is 123 g/mol. The number of Topliss-reactive ketones (excluding diaryl/α,β-unsaturated/α-hetero) is 1. The van der Waals surface area contributed by atoms with Crippen LogP contribution < -0.4 is 5.73 Å². The van der Waals surface area contributed by atoms with Crippen LogP contribution in [-0.4, -0.2) is 11.3 Å². The third kappa shape index (κ3) is 0.962. The number of hydrogen-bond acceptors (Lipinski definition) is 2. The van der Waals surface area contributed by atoms with E-state index in [4.69, 9.17) is 5.73 Å². The van der Waals surface area contributed by atoms with Gasteiger partial charge >= 0.3 is 0 Å². The maximum Gasteiger partial charge on any atom is 0.151 e. The molecule has 0 aliphatic heterocycles. The van der Waals surface area contributed by atoms with Crippen LogP contribution in [0.15, 0.2) is 0 Å². The first-order chi connectivity index (χ1) is 4.15. The summed E-state index contributed by atoms with van der Waals surface area (Å²) in [6.07, 6.45) is 1.06. The second kappa shape index (κ2) is 1.85. The van der Waals surface area contributed by atoms with Crippen LogP contribution >= 0.6 is 0 Å². The standard InChI is InChI=1S/C7H9NO/c1-6(9)7(8)4-2-3-5-7/h4-5,8H2,1H3. The average molecular weight is 123 g/mol. The van der Waals surface area contributed by atoms with E-state index in [1.165, 1.54) is 6.92 Å². The van der Waals surface area contributed by atoms with Crippen molar-refractivity contribution in [1.82, 2.24) is 0 Å².